The minimum Gasteiger partial charge on any atom is -0.319 e. The lowest BCUT2D eigenvalue weighted by Gasteiger charge is -2.13. The van der Waals surface area contributed by atoms with Crippen molar-refractivity contribution in [1.29, 1.82) is 0 Å². The van der Waals surface area contributed by atoms with Crippen molar-refractivity contribution in [2.24, 2.45) is 7.05 Å². The number of benzene rings is 1. The molecule has 1 heterocycles. The summed E-state index contributed by atoms with van der Waals surface area (Å²) >= 11 is 6.06. The number of halogens is 1. The van der Waals surface area contributed by atoms with E-state index >= 15 is 0 Å². The molecule has 94 valence electrons. The summed E-state index contributed by atoms with van der Waals surface area (Å²) in [5, 5.41) is 0.690. The van der Waals surface area contributed by atoms with Crippen LogP contribution >= 0.6 is 11.6 Å². The molecular weight excluding hydrogens is 246 g/mol. The molecule has 2 aromatic rings. The predicted molar refractivity (Wildman–Crippen MR) is 76.2 cm³/mol. The fourth-order valence-electron chi connectivity index (χ4n) is 2.00. The van der Waals surface area contributed by atoms with Crippen LogP contribution in [0.3, 0.4) is 0 Å². The zero-order chi connectivity index (χ0) is 13.3. The number of rotatable bonds is 2. The maximum Gasteiger partial charge on any atom is 0.250 e. The maximum atomic E-state index is 11.7. The van der Waals surface area contributed by atoms with E-state index in [0.717, 1.165) is 11.1 Å². The Morgan fingerprint density at radius 3 is 2.50 bits per heavy atom. The van der Waals surface area contributed by atoms with E-state index in [0.29, 0.717) is 10.9 Å². The number of aromatic nitrogens is 1. The summed E-state index contributed by atoms with van der Waals surface area (Å²) in [7, 11) is 1.74. The smallest absolute Gasteiger partial charge is 0.250 e. The third-order valence-electron chi connectivity index (χ3n) is 3.05. The van der Waals surface area contributed by atoms with Gasteiger partial charge in [-0.15, -0.1) is 0 Å². The second kappa shape index (κ2) is 4.99. The van der Waals surface area contributed by atoms with Gasteiger partial charge in [-0.05, 0) is 40.8 Å². The van der Waals surface area contributed by atoms with Crippen LogP contribution in [0.15, 0.2) is 41.3 Å². The topological polar surface area (TPSA) is 22.0 Å². The number of hydrogen-bond donors (Lipinski definition) is 0. The van der Waals surface area contributed by atoms with E-state index in [1.165, 1.54) is 5.56 Å². The molecule has 1 aromatic heterocycles. The van der Waals surface area contributed by atoms with Crippen LogP contribution in [0.25, 0.3) is 11.1 Å². The lowest BCUT2D eigenvalue weighted by molar-refractivity contribution is 0.856. The van der Waals surface area contributed by atoms with Crippen LogP contribution in [0.2, 0.25) is 5.02 Å². The average molecular weight is 262 g/mol. The summed E-state index contributed by atoms with van der Waals surface area (Å²) in [6.45, 7) is 4.27. The summed E-state index contributed by atoms with van der Waals surface area (Å²) in [5.41, 5.74) is 3.15. The second-order valence-electron chi connectivity index (χ2n) is 4.75. The number of aryl methyl sites for hydroxylation is 1. The Morgan fingerprint density at radius 1 is 1.17 bits per heavy atom. The molecule has 0 atom stereocenters. The van der Waals surface area contributed by atoms with E-state index in [1.807, 2.05) is 24.3 Å². The first-order valence-electron chi connectivity index (χ1n) is 5.95. The molecule has 2 rings (SSSR count). The quantitative estimate of drug-likeness (QED) is 0.805. The van der Waals surface area contributed by atoms with Gasteiger partial charge in [0.2, 0.25) is 0 Å². The Kier molecular flexibility index (Phi) is 3.58. The van der Waals surface area contributed by atoms with Crippen molar-refractivity contribution in [2.75, 3.05) is 0 Å². The molecule has 1 aromatic carbocycles. The molecule has 2 nitrogen and oxygen atoms in total. The van der Waals surface area contributed by atoms with Gasteiger partial charge in [-0.3, -0.25) is 4.79 Å². The van der Waals surface area contributed by atoms with Crippen molar-refractivity contribution in [3.05, 3.63) is 57.5 Å². The monoisotopic (exact) mass is 261 g/mol. The van der Waals surface area contributed by atoms with Gasteiger partial charge in [0, 0.05) is 24.3 Å². The Balaban J connectivity index is 2.65. The summed E-state index contributed by atoms with van der Waals surface area (Å²) in [6, 6.07) is 9.43. The zero-order valence-electron chi connectivity index (χ0n) is 10.8. The number of pyridine rings is 1. The minimum absolute atomic E-state index is 0.0119. The van der Waals surface area contributed by atoms with Crippen molar-refractivity contribution in [2.45, 2.75) is 19.8 Å². The van der Waals surface area contributed by atoms with E-state index in [1.54, 1.807) is 23.9 Å². The van der Waals surface area contributed by atoms with Crippen molar-refractivity contribution < 1.29 is 0 Å². The van der Waals surface area contributed by atoms with Gasteiger partial charge in [0.05, 0.1) is 0 Å². The average Bonchev–Trinajstić information content (AvgIpc) is 2.32. The molecule has 0 aliphatic carbocycles. The molecule has 3 heteroatoms. The highest BCUT2D eigenvalue weighted by Crippen LogP contribution is 2.30. The first kappa shape index (κ1) is 12.9. The van der Waals surface area contributed by atoms with Gasteiger partial charge < -0.3 is 4.57 Å². The molecule has 0 N–H and O–H groups in total. The van der Waals surface area contributed by atoms with Gasteiger partial charge in [-0.1, -0.05) is 31.5 Å². The predicted octanol–water partition coefficient (Wildman–Crippen LogP) is 3.83. The molecule has 18 heavy (non-hydrogen) atoms. The van der Waals surface area contributed by atoms with Gasteiger partial charge in [-0.2, -0.15) is 0 Å². The molecule has 0 saturated heterocycles. The zero-order valence-corrected chi connectivity index (χ0v) is 11.5. The lowest BCUT2D eigenvalue weighted by Crippen LogP contribution is -2.14. The van der Waals surface area contributed by atoms with Crippen molar-refractivity contribution in [3.63, 3.8) is 0 Å². The van der Waals surface area contributed by atoms with Gasteiger partial charge in [0.1, 0.15) is 0 Å². The molecule has 0 spiro atoms. The van der Waals surface area contributed by atoms with Crippen LogP contribution in [0.5, 0.6) is 0 Å². The molecule has 0 bridgehead atoms. The van der Waals surface area contributed by atoms with Gasteiger partial charge >= 0.3 is 0 Å². The Hall–Kier alpha value is -1.54. The SMILES string of the molecule is CC(C)c1ccc(Cl)cc1-c1ccn(C)c(=O)c1. The molecule has 0 fully saturated rings. The fraction of sp³-hybridized carbons (Fsp3) is 0.267. The Morgan fingerprint density at radius 2 is 1.89 bits per heavy atom. The maximum absolute atomic E-state index is 11.7. The number of nitrogens with zero attached hydrogens (tertiary/aromatic N) is 1. The van der Waals surface area contributed by atoms with E-state index in [2.05, 4.69) is 13.8 Å². The van der Waals surface area contributed by atoms with Crippen LogP contribution in [0.1, 0.15) is 25.3 Å². The van der Waals surface area contributed by atoms with E-state index in [4.69, 9.17) is 11.6 Å². The molecule has 0 amide bonds. The molecule has 0 unspecified atom stereocenters. The highest BCUT2D eigenvalue weighted by molar-refractivity contribution is 6.30. The molecule has 0 saturated carbocycles. The third-order valence-corrected chi connectivity index (χ3v) is 3.29. The fourth-order valence-corrected chi connectivity index (χ4v) is 2.17. The van der Waals surface area contributed by atoms with Crippen LogP contribution in [-0.2, 0) is 7.05 Å². The Labute approximate surface area is 112 Å². The summed E-state index contributed by atoms with van der Waals surface area (Å²) in [5.74, 6) is 0.390. The first-order chi connectivity index (χ1) is 8.49. The van der Waals surface area contributed by atoms with E-state index in [-0.39, 0.29) is 5.56 Å². The molecule has 0 aliphatic heterocycles. The van der Waals surface area contributed by atoms with Crippen molar-refractivity contribution in [1.82, 2.24) is 4.57 Å². The molecular formula is C15H16ClNO. The summed E-state index contributed by atoms with van der Waals surface area (Å²) < 4.78 is 1.56. The van der Waals surface area contributed by atoms with Gasteiger partial charge in [0.15, 0.2) is 0 Å². The minimum atomic E-state index is -0.0119. The highest BCUT2D eigenvalue weighted by Gasteiger charge is 2.10. The van der Waals surface area contributed by atoms with Gasteiger partial charge in [-0.25, -0.2) is 0 Å². The van der Waals surface area contributed by atoms with E-state index < -0.39 is 0 Å². The molecule has 0 aliphatic rings. The normalized spacial score (nSPS) is 10.9. The van der Waals surface area contributed by atoms with Gasteiger partial charge in [0.25, 0.3) is 5.56 Å². The van der Waals surface area contributed by atoms with Crippen LogP contribution < -0.4 is 5.56 Å². The van der Waals surface area contributed by atoms with Crippen molar-refractivity contribution >= 4 is 11.6 Å². The second-order valence-corrected chi connectivity index (χ2v) is 5.19. The summed E-state index contributed by atoms with van der Waals surface area (Å²) in [4.78, 5) is 11.7. The van der Waals surface area contributed by atoms with Crippen molar-refractivity contribution in [3.8, 4) is 11.1 Å². The van der Waals surface area contributed by atoms with E-state index in [9.17, 15) is 4.79 Å². The summed E-state index contributed by atoms with van der Waals surface area (Å²) in [6.07, 6.45) is 1.78. The number of hydrogen-bond acceptors (Lipinski definition) is 1. The largest absolute Gasteiger partial charge is 0.319 e. The van der Waals surface area contributed by atoms with Crippen LogP contribution in [0, 0.1) is 0 Å². The third kappa shape index (κ3) is 2.49. The standard InChI is InChI=1S/C15H16ClNO/c1-10(2)13-5-4-12(16)9-14(13)11-6-7-17(3)15(18)8-11/h4-10H,1-3H3. The Bertz CT molecular complexity index is 629. The highest BCUT2D eigenvalue weighted by atomic mass is 35.5. The van der Waals surface area contributed by atoms with Crippen LogP contribution in [0.4, 0.5) is 0 Å². The first-order valence-corrected chi connectivity index (χ1v) is 6.33. The van der Waals surface area contributed by atoms with Crippen LogP contribution in [-0.4, -0.2) is 4.57 Å². The molecule has 0 radical (unpaired) electrons. The lowest BCUT2D eigenvalue weighted by atomic mass is 9.93.